The molecule has 5 amide bonds. The number of aromatic amines is 1. The van der Waals surface area contributed by atoms with Crippen molar-refractivity contribution in [3.8, 4) is 0 Å². The Balaban J connectivity index is 1.76. The van der Waals surface area contributed by atoms with E-state index in [1.165, 1.54) is 11.8 Å². The highest BCUT2D eigenvalue weighted by molar-refractivity contribution is 9.09. The Hall–Kier alpha value is -4.41. The second kappa shape index (κ2) is 18.8. The molecule has 0 saturated heterocycles. The number of amides is 5. The topological polar surface area (TPSA) is 239 Å². The van der Waals surface area contributed by atoms with Crippen LogP contribution >= 0.6 is 27.7 Å². The van der Waals surface area contributed by atoms with Gasteiger partial charge in [-0.15, -0.1) is 0 Å². The lowest BCUT2D eigenvalue weighted by Crippen LogP contribution is -2.59. The highest BCUT2D eigenvalue weighted by atomic mass is 79.9. The van der Waals surface area contributed by atoms with Crippen molar-refractivity contribution in [2.75, 3.05) is 17.3 Å². The van der Waals surface area contributed by atoms with Crippen LogP contribution in [-0.2, 0) is 41.6 Å². The molecule has 0 fully saturated rings. The number of aliphatic carboxylic acids is 1. The number of carbonyl (C=O) groups excluding carboxylic acids is 5. The highest BCUT2D eigenvalue weighted by Gasteiger charge is 2.32. The van der Waals surface area contributed by atoms with E-state index in [1.54, 1.807) is 36.5 Å². The van der Waals surface area contributed by atoms with Crippen LogP contribution in [0.4, 0.5) is 0 Å². The maximum Gasteiger partial charge on any atom is 0.305 e. The number of thioether (sulfide) groups is 1. The van der Waals surface area contributed by atoms with Crippen LogP contribution in [-0.4, -0.2) is 93.1 Å². The Morgan fingerprint density at radius 2 is 1.40 bits per heavy atom. The van der Waals surface area contributed by atoms with Gasteiger partial charge in [-0.2, -0.15) is 11.8 Å². The number of nitrogens with one attached hydrogen (secondary N) is 5. The lowest BCUT2D eigenvalue weighted by Gasteiger charge is -2.26. The van der Waals surface area contributed by atoms with Gasteiger partial charge in [-0.25, -0.2) is 0 Å². The SMILES string of the molecule is CSCC[C@H](NC(=O)[C@H](N)Cc1c[nH]c2ccccc12)C(=O)N[C@@H](CC(=O)O)C(=O)N[C@@H](Cc1ccccc1)C(=O)N[C@H](CBr)C(N)=O. The summed E-state index contributed by atoms with van der Waals surface area (Å²) in [5.41, 5.74) is 14.0. The van der Waals surface area contributed by atoms with E-state index in [2.05, 4.69) is 42.2 Å². The summed E-state index contributed by atoms with van der Waals surface area (Å²) in [7, 11) is 0. The molecule has 3 aromatic rings. The van der Waals surface area contributed by atoms with Gasteiger partial charge in [0.15, 0.2) is 0 Å². The molecule has 0 aliphatic rings. The van der Waals surface area contributed by atoms with Crippen molar-refractivity contribution in [1.29, 1.82) is 0 Å². The van der Waals surface area contributed by atoms with E-state index >= 15 is 0 Å². The third kappa shape index (κ3) is 11.4. The Kier molecular flexibility index (Phi) is 14.9. The number of nitrogens with two attached hydrogens (primary N) is 2. The van der Waals surface area contributed by atoms with Gasteiger partial charge in [0.2, 0.25) is 29.5 Å². The molecule has 0 bridgehead atoms. The summed E-state index contributed by atoms with van der Waals surface area (Å²) < 4.78 is 0. The number of alkyl halides is 1. The largest absolute Gasteiger partial charge is 0.481 e. The van der Waals surface area contributed by atoms with Gasteiger partial charge in [-0.1, -0.05) is 64.5 Å². The lowest BCUT2D eigenvalue weighted by atomic mass is 10.0. The fourth-order valence-electron chi connectivity index (χ4n) is 4.86. The first kappa shape index (κ1) is 38.0. The van der Waals surface area contributed by atoms with Crippen LogP contribution in [0.3, 0.4) is 0 Å². The molecule has 0 aliphatic carbocycles. The van der Waals surface area contributed by atoms with Crippen molar-refractivity contribution in [3.05, 3.63) is 71.9 Å². The van der Waals surface area contributed by atoms with Crippen molar-refractivity contribution in [1.82, 2.24) is 26.3 Å². The van der Waals surface area contributed by atoms with Gasteiger partial charge >= 0.3 is 5.97 Å². The van der Waals surface area contributed by atoms with E-state index in [9.17, 15) is 33.9 Å². The number of carbonyl (C=O) groups is 6. The zero-order valence-corrected chi connectivity index (χ0v) is 28.6. The van der Waals surface area contributed by atoms with Gasteiger partial charge in [0.25, 0.3) is 0 Å². The maximum absolute atomic E-state index is 13.5. The number of aromatic nitrogens is 1. The molecule has 2 aromatic carbocycles. The number of fused-ring (bicyclic) bond motifs is 1. The van der Waals surface area contributed by atoms with Gasteiger partial charge in [-0.3, -0.25) is 28.8 Å². The first-order chi connectivity index (χ1) is 22.9. The van der Waals surface area contributed by atoms with Crippen molar-refractivity contribution >= 4 is 74.1 Å². The van der Waals surface area contributed by atoms with Gasteiger partial charge in [-0.05, 0) is 42.0 Å². The first-order valence-electron chi connectivity index (χ1n) is 15.0. The quantitative estimate of drug-likeness (QED) is 0.0788. The molecule has 10 N–H and O–H groups in total. The molecule has 0 saturated carbocycles. The summed E-state index contributed by atoms with van der Waals surface area (Å²) in [5, 5.41) is 20.6. The number of rotatable bonds is 19. The number of carboxylic acid groups (broad SMARTS) is 1. The summed E-state index contributed by atoms with van der Waals surface area (Å²) >= 11 is 4.54. The van der Waals surface area contributed by atoms with Crippen LogP contribution in [0.2, 0.25) is 0 Å². The van der Waals surface area contributed by atoms with Crippen LogP contribution < -0.4 is 32.7 Å². The van der Waals surface area contributed by atoms with Crippen LogP contribution in [0.25, 0.3) is 10.9 Å². The molecule has 14 nitrogen and oxygen atoms in total. The molecule has 0 spiro atoms. The van der Waals surface area contributed by atoms with Crippen molar-refractivity contribution in [2.45, 2.75) is 55.9 Å². The van der Waals surface area contributed by atoms with Gasteiger partial charge in [0, 0.05) is 28.9 Å². The summed E-state index contributed by atoms with van der Waals surface area (Å²) in [6.07, 6.45) is 3.11. The predicted molar refractivity (Wildman–Crippen MR) is 186 cm³/mol. The van der Waals surface area contributed by atoms with Crippen LogP contribution in [0, 0.1) is 0 Å². The van der Waals surface area contributed by atoms with Gasteiger partial charge in [0.05, 0.1) is 12.5 Å². The molecule has 1 aromatic heterocycles. The molecule has 3 rings (SSSR count). The van der Waals surface area contributed by atoms with E-state index in [0.717, 1.165) is 16.5 Å². The number of para-hydroxylation sites is 1. The van der Waals surface area contributed by atoms with E-state index < -0.39 is 72.1 Å². The second-order valence-electron chi connectivity index (χ2n) is 11.0. The van der Waals surface area contributed by atoms with E-state index in [0.29, 0.717) is 11.3 Å². The highest BCUT2D eigenvalue weighted by Crippen LogP contribution is 2.19. The smallest absolute Gasteiger partial charge is 0.305 e. The molecule has 1 heterocycles. The number of hydrogen-bond donors (Lipinski definition) is 8. The monoisotopic (exact) mass is 745 g/mol. The number of hydrogen-bond acceptors (Lipinski definition) is 8. The molecule has 0 unspecified atom stereocenters. The summed E-state index contributed by atoms with van der Waals surface area (Å²) in [6, 6.07) is 10.1. The van der Waals surface area contributed by atoms with E-state index in [-0.39, 0.29) is 24.6 Å². The van der Waals surface area contributed by atoms with Crippen molar-refractivity contribution in [2.24, 2.45) is 11.5 Å². The molecule has 16 heteroatoms. The molecule has 0 aliphatic heterocycles. The standard InChI is InChI=1S/C32H40BrN7O7S/c1-48-12-11-23(37-29(44)21(34)14-19-17-36-22-10-6-5-9-20(19)22)30(45)39-25(15-27(41)42)32(47)38-24(13-18-7-3-2-4-8-18)31(46)40-26(16-33)28(35)43/h2-10,17,21,23-26,36H,11-16,34H2,1H3,(H2,35,43)(H,37,44)(H,38,47)(H,39,45)(H,40,46)(H,41,42)/t21-,23+,24+,25+,26-/m1/s1. The second-order valence-corrected chi connectivity index (χ2v) is 12.7. The van der Waals surface area contributed by atoms with Crippen molar-refractivity contribution < 1.29 is 33.9 Å². The molecule has 0 radical (unpaired) electrons. The average Bonchev–Trinajstić information content (AvgIpc) is 3.47. The molecule has 48 heavy (non-hydrogen) atoms. The van der Waals surface area contributed by atoms with Gasteiger partial charge in [0.1, 0.15) is 24.2 Å². The lowest BCUT2D eigenvalue weighted by molar-refractivity contribution is -0.141. The minimum absolute atomic E-state index is 0.0133. The van der Waals surface area contributed by atoms with Crippen LogP contribution in [0.5, 0.6) is 0 Å². The number of H-pyrrole nitrogens is 1. The van der Waals surface area contributed by atoms with E-state index in [1.807, 2.05) is 30.5 Å². The summed E-state index contributed by atoms with van der Waals surface area (Å²) in [4.78, 5) is 79.9. The molecule has 5 atom stereocenters. The normalized spacial score (nSPS) is 14.1. The van der Waals surface area contributed by atoms with Gasteiger partial charge < -0.3 is 42.8 Å². The number of carboxylic acids is 1. The first-order valence-corrected chi connectivity index (χ1v) is 17.6. The Labute approximate surface area is 290 Å². The number of halogens is 1. The van der Waals surface area contributed by atoms with E-state index in [4.69, 9.17) is 11.5 Å². The summed E-state index contributed by atoms with van der Waals surface area (Å²) in [6.45, 7) is 0. The minimum Gasteiger partial charge on any atom is -0.481 e. The fraction of sp³-hybridized carbons (Fsp3) is 0.375. The maximum atomic E-state index is 13.5. The molecular weight excluding hydrogens is 706 g/mol. The van der Waals surface area contributed by atoms with Crippen LogP contribution in [0.1, 0.15) is 24.0 Å². The molecular formula is C32H40BrN7O7S. The third-order valence-corrected chi connectivity index (χ3v) is 8.73. The Bertz CT molecular complexity index is 1590. The van der Waals surface area contributed by atoms with Crippen LogP contribution in [0.15, 0.2) is 60.8 Å². The fourth-order valence-corrected chi connectivity index (χ4v) is 5.81. The Morgan fingerprint density at radius 3 is 2.04 bits per heavy atom. The molecule has 258 valence electrons. The zero-order valence-electron chi connectivity index (χ0n) is 26.2. The minimum atomic E-state index is -1.61. The third-order valence-electron chi connectivity index (χ3n) is 7.44. The summed E-state index contributed by atoms with van der Waals surface area (Å²) in [5.74, 6) is -4.84. The number of benzene rings is 2. The Morgan fingerprint density at radius 1 is 0.812 bits per heavy atom. The number of primary amides is 1. The zero-order chi connectivity index (χ0) is 35.2. The average molecular weight is 747 g/mol. The van der Waals surface area contributed by atoms with Crippen molar-refractivity contribution in [3.63, 3.8) is 0 Å². The predicted octanol–water partition coefficient (Wildman–Crippen LogP) is 0.328.